The van der Waals surface area contributed by atoms with Crippen molar-refractivity contribution in [3.63, 3.8) is 0 Å². The summed E-state index contributed by atoms with van der Waals surface area (Å²) in [5, 5.41) is 0.293. The first kappa shape index (κ1) is 9.00. The Morgan fingerprint density at radius 3 is 2.75 bits per heavy atom. The number of hydrogen-bond acceptors (Lipinski definition) is 3. The fourth-order valence-electron chi connectivity index (χ4n) is 0.839. The number of ketones is 1. The van der Waals surface area contributed by atoms with Crippen molar-refractivity contribution in [3.05, 3.63) is 23.0 Å². The lowest BCUT2D eigenvalue weighted by Crippen LogP contribution is -2.00. The van der Waals surface area contributed by atoms with Crippen LogP contribution in [0.25, 0.3) is 0 Å². The van der Waals surface area contributed by atoms with Crippen molar-refractivity contribution in [2.45, 2.75) is 6.92 Å². The number of hydrogen-bond donors (Lipinski definition) is 0. The molecule has 1 aromatic heterocycles. The Morgan fingerprint density at radius 1 is 1.58 bits per heavy atom. The van der Waals surface area contributed by atoms with E-state index in [-0.39, 0.29) is 11.5 Å². The zero-order valence-corrected chi connectivity index (χ0v) is 7.55. The number of rotatable bonds is 2. The maximum Gasteiger partial charge on any atom is 0.181 e. The highest BCUT2D eigenvalue weighted by Crippen LogP contribution is 2.18. The third-order valence-corrected chi connectivity index (χ3v) is 1.59. The predicted molar refractivity (Wildman–Crippen MR) is 45.8 cm³/mol. The minimum absolute atomic E-state index is 0.158. The van der Waals surface area contributed by atoms with Gasteiger partial charge in [0.2, 0.25) is 0 Å². The largest absolute Gasteiger partial charge is 0.494 e. The second-order valence-electron chi connectivity index (χ2n) is 2.24. The van der Waals surface area contributed by atoms with Gasteiger partial charge in [0, 0.05) is 6.92 Å². The van der Waals surface area contributed by atoms with Crippen LogP contribution in [0.3, 0.4) is 0 Å². The van der Waals surface area contributed by atoms with E-state index in [1.54, 1.807) is 12.1 Å². The fourth-order valence-corrected chi connectivity index (χ4v) is 0.987. The minimum Gasteiger partial charge on any atom is -0.494 e. The number of methoxy groups -OCH3 is 1. The van der Waals surface area contributed by atoms with Crippen LogP contribution in [0.5, 0.6) is 5.75 Å². The normalized spacial score (nSPS) is 9.58. The van der Waals surface area contributed by atoms with Crippen LogP contribution in [0.4, 0.5) is 0 Å². The number of carbonyl (C=O) groups excluding carboxylic acids is 1. The van der Waals surface area contributed by atoms with Gasteiger partial charge in [-0.1, -0.05) is 11.6 Å². The van der Waals surface area contributed by atoms with E-state index in [1.165, 1.54) is 14.0 Å². The molecule has 0 unspecified atom stereocenters. The number of aromatic nitrogens is 1. The highest BCUT2D eigenvalue weighted by Gasteiger charge is 2.09. The first-order chi connectivity index (χ1) is 5.65. The van der Waals surface area contributed by atoms with E-state index < -0.39 is 0 Å². The molecule has 0 N–H and O–H groups in total. The van der Waals surface area contributed by atoms with Gasteiger partial charge in [-0.3, -0.25) is 4.79 Å². The summed E-state index contributed by atoms with van der Waals surface area (Å²) in [4.78, 5) is 14.8. The van der Waals surface area contributed by atoms with E-state index in [4.69, 9.17) is 16.3 Å². The van der Waals surface area contributed by atoms with Crippen molar-refractivity contribution in [1.29, 1.82) is 0 Å². The Hall–Kier alpha value is -1.09. The van der Waals surface area contributed by atoms with E-state index in [1.807, 2.05) is 0 Å². The highest BCUT2D eigenvalue weighted by molar-refractivity contribution is 6.29. The zero-order valence-electron chi connectivity index (χ0n) is 6.80. The summed E-state index contributed by atoms with van der Waals surface area (Å²) in [5.41, 5.74) is 0.269. The number of carbonyl (C=O) groups is 1. The number of nitrogens with zero attached hydrogens (tertiary/aromatic N) is 1. The summed E-state index contributed by atoms with van der Waals surface area (Å²) < 4.78 is 4.92. The molecule has 0 atom stereocenters. The first-order valence-corrected chi connectivity index (χ1v) is 3.74. The van der Waals surface area contributed by atoms with Gasteiger partial charge < -0.3 is 4.74 Å². The molecule has 0 aliphatic heterocycles. The minimum atomic E-state index is -0.158. The standard InChI is InChI=1S/C8H8ClNO2/c1-5(11)8-6(12-2)3-4-7(9)10-8/h3-4H,1-2H3. The molecule has 4 heteroatoms. The number of Topliss-reactive ketones (excluding diaryl/α,β-unsaturated/α-hetero) is 1. The van der Waals surface area contributed by atoms with Crippen LogP contribution in [-0.2, 0) is 0 Å². The quantitative estimate of drug-likeness (QED) is 0.522. The topological polar surface area (TPSA) is 39.2 Å². The molecule has 1 aromatic rings. The van der Waals surface area contributed by atoms with Gasteiger partial charge >= 0.3 is 0 Å². The van der Waals surface area contributed by atoms with Gasteiger partial charge in [0.25, 0.3) is 0 Å². The summed E-state index contributed by atoms with van der Waals surface area (Å²) in [6, 6.07) is 3.19. The molecule has 12 heavy (non-hydrogen) atoms. The van der Waals surface area contributed by atoms with Crippen LogP contribution in [0.1, 0.15) is 17.4 Å². The Kier molecular flexibility index (Phi) is 2.65. The van der Waals surface area contributed by atoms with Crippen LogP contribution in [0.2, 0.25) is 5.15 Å². The Balaban J connectivity index is 3.21. The summed E-state index contributed by atoms with van der Waals surface area (Å²) >= 11 is 5.60. The highest BCUT2D eigenvalue weighted by atomic mass is 35.5. The van der Waals surface area contributed by atoms with Crippen LogP contribution in [-0.4, -0.2) is 17.9 Å². The van der Waals surface area contributed by atoms with Crippen molar-refractivity contribution in [2.24, 2.45) is 0 Å². The second kappa shape index (κ2) is 3.54. The van der Waals surface area contributed by atoms with E-state index >= 15 is 0 Å². The number of ether oxygens (including phenoxy) is 1. The van der Waals surface area contributed by atoms with Crippen LogP contribution < -0.4 is 4.74 Å². The molecule has 1 rings (SSSR count). The van der Waals surface area contributed by atoms with Gasteiger partial charge in [-0.2, -0.15) is 0 Å². The molecule has 0 aromatic carbocycles. The van der Waals surface area contributed by atoms with E-state index in [0.717, 1.165) is 0 Å². The molecule has 1 heterocycles. The Morgan fingerprint density at radius 2 is 2.25 bits per heavy atom. The van der Waals surface area contributed by atoms with Crippen molar-refractivity contribution in [3.8, 4) is 5.75 Å². The first-order valence-electron chi connectivity index (χ1n) is 3.36. The lowest BCUT2D eigenvalue weighted by Gasteiger charge is -2.03. The molecule has 0 saturated heterocycles. The molecule has 0 amide bonds. The van der Waals surface area contributed by atoms with Crippen LogP contribution in [0.15, 0.2) is 12.1 Å². The van der Waals surface area contributed by atoms with E-state index in [9.17, 15) is 4.79 Å². The lowest BCUT2D eigenvalue weighted by atomic mass is 10.2. The maximum absolute atomic E-state index is 11.0. The third kappa shape index (κ3) is 1.74. The summed E-state index contributed by atoms with van der Waals surface area (Å²) in [5.74, 6) is 0.293. The van der Waals surface area contributed by atoms with Gasteiger partial charge in [-0.15, -0.1) is 0 Å². The molecular weight excluding hydrogens is 178 g/mol. The molecule has 3 nitrogen and oxygen atoms in total. The van der Waals surface area contributed by atoms with Crippen LogP contribution in [0, 0.1) is 0 Å². The van der Waals surface area contributed by atoms with E-state index in [0.29, 0.717) is 10.9 Å². The van der Waals surface area contributed by atoms with Crippen molar-refractivity contribution < 1.29 is 9.53 Å². The second-order valence-corrected chi connectivity index (χ2v) is 2.63. The zero-order chi connectivity index (χ0) is 9.14. The average Bonchev–Trinajstić information content (AvgIpc) is 2.04. The molecule has 64 valence electrons. The summed E-state index contributed by atoms with van der Waals surface area (Å²) in [6.07, 6.45) is 0. The van der Waals surface area contributed by atoms with Crippen molar-refractivity contribution in [2.75, 3.05) is 7.11 Å². The van der Waals surface area contributed by atoms with Gasteiger partial charge in [0.15, 0.2) is 5.78 Å². The molecule has 0 saturated carbocycles. The molecule has 0 aliphatic rings. The molecule has 0 bridgehead atoms. The average molecular weight is 186 g/mol. The Bertz CT molecular complexity index is 312. The number of pyridine rings is 1. The molecule has 0 aliphatic carbocycles. The van der Waals surface area contributed by atoms with E-state index in [2.05, 4.69) is 4.98 Å². The summed E-state index contributed by atoms with van der Waals surface area (Å²) in [6.45, 7) is 1.42. The van der Waals surface area contributed by atoms with Crippen LogP contribution >= 0.6 is 11.6 Å². The van der Waals surface area contributed by atoms with Crippen molar-refractivity contribution in [1.82, 2.24) is 4.98 Å². The molecular formula is C8H8ClNO2. The maximum atomic E-state index is 11.0. The predicted octanol–water partition coefficient (Wildman–Crippen LogP) is 1.95. The SMILES string of the molecule is COc1ccc(Cl)nc1C(C)=O. The van der Waals surface area contributed by atoms with Gasteiger partial charge in [0.1, 0.15) is 16.6 Å². The van der Waals surface area contributed by atoms with Gasteiger partial charge in [-0.05, 0) is 12.1 Å². The molecule has 0 radical (unpaired) electrons. The monoisotopic (exact) mass is 185 g/mol. The van der Waals surface area contributed by atoms with Gasteiger partial charge in [0.05, 0.1) is 7.11 Å². The molecule has 0 fully saturated rings. The third-order valence-electron chi connectivity index (χ3n) is 1.38. The Labute approximate surface area is 75.3 Å². The molecule has 0 spiro atoms. The van der Waals surface area contributed by atoms with Crippen molar-refractivity contribution >= 4 is 17.4 Å². The summed E-state index contributed by atoms with van der Waals surface area (Å²) in [7, 11) is 1.48. The lowest BCUT2D eigenvalue weighted by molar-refractivity contribution is 0.101. The number of halogens is 1. The fraction of sp³-hybridized carbons (Fsp3) is 0.250. The van der Waals surface area contributed by atoms with Gasteiger partial charge in [-0.25, -0.2) is 4.98 Å². The smallest absolute Gasteiger partial charge is 0.181 e.